The molecule has 0 heterocycles. The molecular formula is C19H19BrClFN2O4S. The summed E-state index contributed by atoms with van der Waals surface area (Å²) in [4.78, 5) is 12.5. The number of rotatable bonds is 5. The summed E-state index contributed by atoms with van der Waals surface area (Å²) in [5.74, 6) is -1.10. The number of aliphatic hydroxyl groups is 1. The molecule has 1 amide bonds. The fourth-order valence-corrected chi connectivity index (χ4v) is 5.01. The Morgan fingerprint density at radius 2 is 1.83 bits per heavy atom. The van der Waals surface area contributed by atoms with Crippen molar-refractivity contribution in [1.82, 2.24) is 4.72 Å². The van der Waals surface area contributed by atoms with Gasteiger partial charge in [0.1, 0.15) is 5.82 Å². The van der Waals surface area contributed by atoms with Gasteiger partial charge in [-0.3, -0.25) is 4.79 Å². The van der Waals surface area contributed by atoms with E-state index in [9.17, 15) is 22.7 Å². The van der Waals surface area contributed by atoms with Crippen molar-refractivity contribution >= 4 is 49.1 Å². The number of aliphatic hydroxyl groups excluding tert-OH is 1. The van der Waals surface area contributed by atoms with Crippen molar-refractivity contribution in [2.75, 3.05) is 5.32 Å². The second-order valence-corrected chi connectivity index (χ2v) is 9.83. The molecule has 3 rings (SSSR count). The SMILES string of the molecule is O=C(Nc1ccc(F)c(Br)c1)c1cc(S(=O)(=O)NC2CCC(O)CC2)ccc1Cl. The summed E-state index contributed by atoms with van der Waals surface area (Å²) >= 11 is 9.14. The Labute approximate surface area is 181 Å². The smallest absolute Gasteiger partial charge is 0.257 e. The van der Waals surface area contributed by atoms with Gasteiger partial charge in [-0.05, 0) is 78.0 Å². The Kier molecular flexibility index (Phi) is 6.95. The predicted molar refractivity (Wildman–Crippen MR) is 112 cm³/mol. The van der Waals surface area contributed by atoms with E-state index in [2.05, 4.69) is 26.0 Å². The number of benzene rings is 2. The van der Waals surface area contributed by atoms with Crippen molar-refractivity contribution < 1.29 is 22.7 Å². The monoisotopic (exact) mass is 504 g/mol. The third kappa shape index (κ3) is 5.55. The van der Waals surface area contributed by atoms with E-state index in [1.165, 1.54) is 36.4 Å². The number of carbonyl (C=O) groups is 1. The number of amides is 1. The second kappa shape index (κ2) is 9.09. The van der Waals surface area contributed by atoms with Crippen LogP contribution in [0.25, 0.3) is 0 Å². The number of hydrogen-bond donors (Lipinski definition) is 3. The van der Waals surface area contributed by atoms with Gasteiger partial charge in [-0.2, -0.15) is 0 Å². The van der Waals surface area contributed by atoms with Crippen LogP contribution >= 0.6 is 27.5 Å². The molecule has 0 unspecified atom stereocenters. The minimum Gasteiger partial charge on any atom is -0.393 e. The van der Waals surface area contributed by atoms with Crippen LogP contribution in [0.5, 0.6) is 0 Å². The standard InChI is InChI=1S/C19H19BrClFN2O4S/c20-16-9-12(3-8-18(16)22)23-19(26)15-10-14(6-7-17(15)21)29(27,28)24-11-1-4-13(25)5-2-11/h3,6-11,13,24-25H,1-2,4-5H2,(H,23,26). The molecule has 1 aliphatic rings. The lowest BCUT2D eigenvalue weighted by molar-refractivity contribution is 0.102. The molecule has 0 radical (unpaired) electrons. The summed E-state index contributed by atoms with van der Waals surface area (Å²) in [7, 11) is -3.86. The first-order chi connectivity index (χ1) is 13.7. The number of anilines is 1. The Morgan fingerprint density at radius 3 is 2.48 bits per heavy atom. The maximum Gasteiger partial charge on any atom is 0.257 e. The highest BCUT2D eigenvalue weighted by Crippen LogP contribution is 2.25. The quantitative estimate of drug-likeness (QED) is 0.571. The van der Waals surface area contributed by atoms with Crippen LogP contribution in [0.2, 0.25) is 5.02 Å². The Bertz CT molecular complexity index is 1030. The first-order valence-corrected chi connectivity index (χ1v) is 11.6. The van der Waals surface area contributed by atoms with Crippen molar-refractivity contribution in [3.8, 4) is 0 Å². The summed E-state index contributed by atoms with van der Waals surface area (Å²) < 4.78 is 41.6. The molecule has 0 aromatic heterocycles. The maximum atomic E-state index is 13.4. The number of sulfonamides is 1. The zero-order valence-electron chi connectivity index (χ0n) is 15.2. The highest BCUT2D eigenvalue weighted by atomic mass is 79.9. The van der Waals surface area contributed by atoms with E-state index in [0.717, 1.165) is 0 Å². The molecule has 0 atom stereocenters. The van der Waals surface area contributed by atoms with Crippen LogP contribution in [0.1, 0.15) is 36.0 Å². The van der Waals surface area contributed by atoms with Gasteiger partial charge in [0.2, 0.25) is 10.0 Å². The molecule has 10 heteroatoms. The van der Waals surface area contributed by atoms with Crippen molar-refractivity contribution in [1.29, 1.82) is 0 Å². The van der Waals surface area contributed by atoms with Crippen LogP contribution in [-0.2, 0) is 10.0 Å². The molecular weight excluding hydrogens is 487 g/mol. The summed E-state index contributed by atoms with van der Waals surface area (Å²) in [5, 5.41) is 12.2. The van der Waals surface area contributed by atoms with E-state index in [1.807, 2.05) is 0 Å². The van der Waals surface area contributed by atoms with Gasteiger partial charge in [0.05, 0.1) is 26.1 Å². The van der Waals surface area contributed by atoms with Crippen LogP contribution in [0.4, 0.5) is 10.1 Å². The molecule has 1 fully saturated rings. The van der Waals surface area contributed by atoms with Crippen LogP contribution in [0, 0.1) is 5.82 Å². The van der Waals surface area contributed by atoms with Crippen molar-refractivity contribution in [2.24, 2.45) is 0 Å². The number of halogens is 3. The predicted octanol–water partition coefficient (Wildman–Crippen LogP) is 4.08. The summed E-state index contributed by atoms with van der Waals surface area (Å²) in [6.45, 7) is 0. The summed E-state index contributed by atoms with van der Waals surface area (Å²) in [5.41, 5.74) is 0.306. The molecule has 1 aliphatic carbocycles. The molecule has 0 bridgehead atoms. The minimum absolute atomic E-state index is 0.0194. The normalized spacial score (nSPS) is 19.7. The van der Waals surface area contributed by atoms with Gasteiger partial charge >= 0.3 is 0 Å². The van der Waals surface area contributed by atoms with E-state index in [0.29, 0.717) is 31.4 Å². The fraction of sp³-hybridized carbons (Fsp3) is 0.316. The largest absolute Gasteiger partial charge is 0.393 e. The lowest BCUT2D eigenvalue weighted by Gasteiger charge is -2.26. The molecule has 156 valence electrons. The van der Waals surface area contributed by atoms with E-state index < -0.39 is 27.9 Å². The molecule has 3 N–H and O–H groups in total. The molecule has 2 aromatic rings. The molecule has 0 spiro atoms. The van der Waals surface area contributed by atoms with Crippen molar-refractivity contribution in [3.63, 3.8) is 0 Å². The lowest BCUT2D eigenvalue weighted by Crippen LogP contribution is -2.38. The van der Waals surface area contributed by atoms with E-state index in [1.54, 1.807) is 0 Å². The third-order valence-electron chi connectivity index (χ3n) is 4.69. The fourth-order valence-electron chi connectivity index (χ4n) is 3.10. The van der Waals surface area contributed by atoms with Crippen LogP contribution in [0.3, 0.4) is 0 Å². The van der Waals surface area contributed by atoms with Gasteiger partial charge in [0, 0.05) is 11.7 Å². The molecule has 0 aliphatic heterocycles. The minimum atomic E-state index is -3.86. The Morgan fingerprint density at radius 1 is 1.14 bits per heavy atom. The first-order valence-electron chi connectivity index (χ1n) is 8.92. The third-order valence-corrected chi connectivity index (χ3v) is 7.14. The average molecular weight is 506 g/mol. The van der Waals surface area contributed by atoms with Gasteiger partial charge in [-0.1, -0.05) is 11.6 Å². The molecule has 29 heavy (non-hydrogen) atoms. The molecule has 2 aromatic carbocycles. The van der Waals surface area contributed by atoms with Crippen LogP contribution in [0.15, 0.2) is 45.8 Å². The maximum absolute atomic E-state index is 13.4. The zero-order valence-corrected chi connectivity index (χ0v) is 18.3. The van der Waals surface area contributed by atoms with Gasteiger partial charge < -0.3 is 10.4 Å². The van der Waals surface area contributed by atoms with Gasteiger partial charge in [0.15, 0.2) is 0 Å². The molecule has 6 nitrogen and oxygen atoms in total. The van der Waals surface area contributed by atoms with Gasteiger partial charge in [-0.25, -0.2) is 17.5 Å². The molecule has 0 saturated heterocycles. The van der Waals surface area contributed by atoms with Crippen LogP contribution < -0.4 is 10.0 Å². The van der Waals surface area contributed by atoms with Crippen LogP contribution in [-0.4, -0.2) is 31.6 Å². The average Bonchev–Trinajstić information content (AvgIpc) is 2.66. The summed E-state index contributed by atoms with van der Waals surface area (Å²) in [6.07, 6.45) is 1.76. The lowest BCUT2D eigenvalue weighted by atomic mass is 9.94. The summed E-state index contributed by atoms with van der Waals surface area (Å²) in [6, 6.07) is 7.56. The first kappa shape index (κ1) is 22.2. The van der Waals surface area contributed by atoms with Crippen molar-refractivity contribution in [3.05, 3.63) is 57.3 Å². The Hall–Kier alpha value is -1.52. The van der Waals surface area contributed by atoms with E-state index >= 15 is 0 Å². The second-order valence-electron chi connectivity index (χ2n) is 6.85. The van der Waals surface area contributed by atoms with Crippen molar-refractivity contribution in [2.45, 2.75) is 42.7 Å². The van der Waals surface area contributed by atoms with Gasteiger partial charge in [0.25, 0.3) is 5.91 Å². The topological polar surface area (TPSA) is 95.5 Å². The number of carbonyl (C=O) groups excluding carboxylic acids is 1. The zero-order chi connectivity index (χ0) is 21.2. The van der Waals surface area contributed by atoms with E-state index in [4.69, 9.17) is 11.6 Å². The number of hydrogen-bond acceptors (Lipinski definition) is 4. The van der Waals surface area contributed by atoms with E-state index in [-0.39, 0.29) is 26.0 Å². The number of nitrogens with one attached hydrogen (secondary N) is 2. The van der Waals surface area contributed by atoms with Gasteiger partial charge in [-0.15, -0.1) is 0 Å². The molecule has 1 saturated carbocycles. The Balaban J connectivity index is 1.79. The highest BCUT2D eigenvalue weighted by molar-refractivity contribution is 9.10. The highest BCUT2D eigenvalue weighted by Gasteiger charge is 2.26.